The van der Waals surface area contributed by atoms with Gasteiger partial charge in [-0.1, -0.05) is 37.0 Å². The lowest BCUT2D eigenvalue weighted by molar-refractivity contribution is -0.116. The monoisotopic (exact) mass is 380 g/mol. The van der Waals surface area contributed by atoms with Crippen LogP contribution in [0.1, 0.15) is 26.7 Å². The summed E-state index contributed by atoms with van der Waals surface area (Å²) in [6, 6.07) is 4.78. The summed E-state index contributed by atoms with van der Waals surface area (Å²) >= 11 is 11.7. The van der Waals surface area contributed by atoms with Gasteiger partial charge >= 0.3 is 0 Å². The maximum Gasteiger partial charge on any atom is 0.225 e. The van der Waals surface area contributed by atoms with Crippen molar-refractivity contribution in [2.45, 2.75) is 26.7 Å². The molecule has 0 bridgehead atoms. The summed E-state index contributed by atoms with van der Waals surface area (Å²) in [7, 11) is -3.33. The lowest BCUT2D eigenvalue weighted by atomic mass is 10.1. The van der Waals surface area contributed by atoms with Crippen LogP contribution in [-0.4, -0.2) is 38.0 Å². The Morgan fingerprint density at radius 1 is 1.22 bits per heavy atom. The zero-order chi connectivity index (χ0) is 17.6. The highest BCUT2D eigenvalue weighted by Crippen LogP contribution is 2.25. The number of amides is 1. The molecule has 0 aromatic heterocycles. The second-order valence-corrected chi connectivity index (χ2v) is 8.57. The second kappa shape index (κ2) is 8.87. The van der Waals surface area contributed by atoms with Gasteiger partial charge < -0.3 is 5.32 Å². The first kappa shape index (κ1) is 20.2. The van der Waals surface area contributed by atoms with Gasteiger partial charge in [-0.3, -0.25) is 4.79 Å². The minimum absolute atomic E-state index is 0.0748. The fourth-order valence-corrected chi connectivity index (χ4v) is 3.03. The summed E-state index contributed by atoms with van der Waals surface area (Å²) in [4.78, 5) is 12.0. The minimum Gasteiger partial charge on any atom is -0.326 e. The molecule has 1 rings (SSSR count). The van der Waals surface area contributed by atoms with E-state index in [1.165, 1.54) is 4.31 Å². The molecule has 1 aromatic rings. The number of anilines is 1. The molecule has 0 aliphatic heterocycles. The van der Waals surface area contributed by atoms with E-state index >= 15 is 0 Å². The minimum atomic E-state index is -3.33. The molecule has 0 unspecified atom stereocenters. The Kier molecular flexibility index (Phi) is 7.80. The molecule has 0 aliphatic carbocycles. The van der Waals surface area contributed by atoms with Gasteiger partial charge in [0.25, 0.3) is 0 Å². The van der Waals surface area contributed by atoms with E-state index in [0.717, 1.165) is 12.7 Å². The largest absolute Gasteiger partial charge is 0.326 e. The third-order valence-electron chi connectivity index (χ3n) is 3.22. The third-order valence-corrected chi connectivity index (χ3v) is 5.26. The first-order chi connectivity index (χ1) is 10.6. The van der Waals surface area contributed by atoms with Crippen molar-refractivity contribution in [1.82, 2.24) is 4.31 Å². The fraction of sp³-hybridized carbons (Fsp3) is 0.533. The highest BCUT2D eigenvalue weighted by molar-refractivity contribution is 7.88. The molecule has 0 heterocycles. The van der Waals surface area contributed by atoms with E-state index in [1.807, 2.05) is 13.8 Å². The number of hydrogen-bond acceptors (Lipinski definition) is 3. The topological polar surface area (TPSA) is 66.5 Å². The number of hydrogen-bond donors (Lipinski definition) is 1. The zero-order valence-corrected chi connectivity index (χ0v) is 15.8. The van der Waals surface area contributed by atoms with Crippen molar-refractivity contribution in [3.8, 4) is 0 Å². The van der Waals surface area contributed by atoms with E-state index in [9.17, 15) is 13.2 Å². The third kappa shape index (κ3) is 7.52. The molecule has 0 saturated heterocycles. The average molecular weight is 381 g/mol. The number of carbonyl (C=O) groups is 1. The van der Waals surface area contributed by atoms with Gasteiger partial charge in [0.05, 0.1) is 16.3 Å². The van der Waals surface area contributed by atoms with Crippen LogP contribution in [0.15, 0.2) is 18.2 Å². The Bertz CT molecular complexity index is 648. The molecule has 23 heavy (non-hydrogen) atoms. The van der Waals surface area contributed by atoms with Crippen molar-refractivity contribution in [2.75, 3.05) is 24.7 Å². The molecule has 0 radical (unpaired) electrons. The van der Waals surface area contributed by atoms with Crippen LogP contribution in [0.25, 0.3) is 0 Å². The maximum absolute atomic E-state index is 12.0. The summed E-state index contributed by atoms with van der Waals surface area (Å²) in [5.74, 6) is 0.117. The van der Waals surface area contributed by atoms with E-state index < -0.39 is 10.0 Å². The van der Waals surface area contributed by atoms with E-state index in [2.05, 4.69) is 5.32 Å². The molecule has 8 heteroatoms. The molecular weight excluding hydrogens is 359 g/mol. The van der Waals surface area contributed by atoms with E-state index in [4.69, 9.17) is 23.2 Å². The highest BCUT2D eigenvalue weighted by atomic mass is 35.5. The van der Waals surface area contributed by atoms with Crippen LogP contribution >= 0.6 is 23.2 Å². The van der Waals surface area contributed by atoms with Crippen LogP contribution < -0.4 is 5.32 Å². The SMILES string of the molecule is CC(C)CCN(CCC(=O)Nc1ccc(Cl)c(Cl)c1)S(C)(=O)=O. The summed E-state index contributed by atoms with van der Waals surface area (Å²) in [6.07, 6.45) is 1.98. The number of rotatable bonds is 8. The van der Waals surface area contributed by atoms with E-state index in [1.54, 1.807) is 18.2 Å². The number of benzene rings is 1. The molecule has 5 nitrogen and oxygen atoms in total. The first-order valence-corrected chi connectivity index (χ1v) is 9.90. The van der Waals surface area contributed by atoms with E-state index in [-0.39, 0.29) is 18.9 Å². The van der Waals surface area contributed by atoms with Crippen molar-refractivity contribution in [3.05, 3.63) is 28.2 Å². The Labute approximate surface area is 148 Å². The number of sulfonamides is 1. The molecule has 0 spiro atoms. The van der Waals surface area contributed by atoms with Gasteiger partial charge in [-0.05, 0) is 30.5 Å². The van der Waals surface area contributed by atoms with Gasteiger partial charge in [-0.15, -0.1) is 0 Å². The lowest BCUT2D eigenvalue weighted by Crippen LogP contribution is -2.34. The van der Waals surface area contributed by atoms with Crippen LogP contribution in [0.4, 0.5) is 5.69 Å². The lowest BCUT2D eigenvalue weighted by Gasteiger charge is -2.20. The molecular formula is C15H22Cl2N2O3S. The Balaban J connectivity index is 2.59. The van der Waals surface area contributed by atoms with Crippen LogP contribution in [0.3, 0.4) is 0 Å². The maximum atomic E-state index is 12.0. The van der Waals surface area contributed by atoms with Gasteiger partial charge in [-0.2, -0.15) is 0 Å². The standard InChI is InChI=1S/C15H22Cl2N2O3S/c1-11(2)6-8-19(23(3,21)22)9-7-15(20)18-12-4-5-13(16)14(17)10-12/h4-5,10-11H,6-9H2,1-3H3,(H,18,20). The van der Waals surface area contributed by atoms with Crippen LogP contribution in [0, 0.1) is 5.92 Å². The molecule has 0 atom stereocenters. The summed E-state index contributed by atoms with van der Waals surface area (Å²) in [5, 5.41) is 3.43. The normalized spacial score (nSPS) is 12.0. The number of nitrogens with zero attached hydrogens (tertiary/aromatic N) is 1. The molecule has 0 fully saturated rings. The van der Waals surface area contributed by atoms with Crippen LogP contribution in [0.5, 0.6) is 0 Å². The molecule has 0 saturated carbocycles. The Morgan fingerprint density at radius 3 is 2.39 bits per heavy atom. The van der Waals surface area contributed by atoms with Crippen molar-refractivity contribution >= 4 is 44.8 Å². The first-order valence-electron chi connectivity index (χ1n) is 7.29. The van der Waals surface area contributed by atoms with Crippen molar-refractivity contribution in [3.63, 3.8) is 0 Å². The van der Waals surface area contributed by atoms with Gasteiger partial charge in [0.15, 0.2) is 0 Å². The highest BCUT2D eigenvalue weighted by Gasteiger charge is 2.18. The summed E-state index contributed by atoms with van der Waals surface area (Å²) in [5.41, 5.74) is 0.525. The zero-order valence-electron chi connectivity index (χ0n) is 13.5. The van der Waals surface area contributed by atoms with E-state index in [0.29, 0.717) is 28.2 Å². The van der Waals surface area contributed by atoms with Crippen LogP contribution in [-0.2, 0) is 14.8 Å². The van der Waals surface area contributed by atoms with Gasteiger partial charge in [0.1, 0.15) is 0 Å². The summed E-state index contributed by atoms with van der Waals surface area (Å²) in [6.45, 7) is 4.62. The summed E-state index contributed by atoms with van der Waals surface area (Å²) < 4.78 is 24.9. The predicted molar refractivity (Wildman–Crippen MR) is 95.6 cm³/mol. The number of nitrogens with one attached hydrogen (secondary N) is 1. The average Bonchev–Trinajstić information content (AvgIpc) is 2.41. The van der Waals surface area contributed by atoms with Gasteiger partial charge in [0.2, 0.25) is 15.9 Å². The van der Waals surface area contributed by atoms with Crippen LogP contribution in [0.2, 0.25) is 10.0 Å². The molecule has 1 amide bonds. The Hall–Kier alpha value is -0.820. The van der Waals surface area contributed by atoms with Gasteiger partial charge in [0, 0.05) is 25.2 Å². The quantitative estimate of drug-likeness (QED) is 0.748. The predicted octanol–water partition coefficient (Wildman–Crippen LogP) is 3.63. The number of carbonyl (C=O) groups excluding carboxylic acids is 1. The molecule has 0 aliphatic rings. The Morgan fingerprint density at radius 2 is 1.87 bits per heavy atom. The smallest absolute Gasteiger partial charge is 0.225 e. The van der Waals surface area contributed by atoms with Crippen molar-refractivity contribution < 1.29 is 13.2 Å². The molecule has 130 valence electrons. The second-order valence-electron chi connectivity index (χ2n) is 5.77. The van der Waals surface area contributed by atoms with Crippen molar-refractivity contribution in [1.29, 1.82) is 0 Å². The van der Waals surface area contributed by atoms with Gasteiger partial charge in [-0.25, -0.2) is 12.7 Å². The fourth-order valence-electron chi connectivity index (χ4n) is 1.87. The molecule has 1 aromatic carbocycles. The number of halogens is 2. The van der Waals surface area contributed by atoms with Crippen molar-refractivity contribution in [2.24, 2.45) is 5.92 Å². The molecule has 1 N–H and O–H groups in total.